The van der Waals surface area contributed by atoms with E-state index in [1.54, 1.807) is 0 Å². The SMILES string of the molecule is C[Si](C)(C)[C@H]1C[C@@H]1C=C(Cl)Cl. The number of hydrogen-bond acceptors (Lipinski definition) is 0. The lowest BCUT2D eigenvalue weighted by atomic mass is 10.4. The fourth-order valence-corrected chi connectivity index (χ4v) is 4.24. The fraction of sp³-hybridized carbons (Fsp3) is 0.750. The molecule has 0 radical (unpaired) electrons. The molecule has 0 aromatic heterocycles. The number of halogens is 2. The van der Waals surface area contributed by atoms with Crippen molar-refractivity contribution in [3.8, 4) is 0 Å². The average Bonchev–Trinajstić information content (AvgIpc) is 2.40. The Hall–Kier alpha value is 0.537. The molecule has 3 heteroatoms. The van der Waals surface area contributed by atoms with Crippen molar-refractivity contribution in [3.05, 3.63) is 10.6 Å². The maximum Gasteiger partial charge on any atom is 0.103 e. The molecular formula is C8H14Cl2Si. The fourth-order valence-electron chi connectivity index (χ4n) is 1.56. The van der Waals surface area contributed by atoms with Gasteiger partial charge in [0.15, 0.2) is 0 Å². The average molecular weight is 209 g/mol. The van der Waals surface area contributed by atoms with Gasteiger partial charge in [-0.1, -0.05) is 48.9 Å². The van der Waals surface area contributed by atoms with E-state index in [0.717, 1.165) is 5.54 Å². The Morgan fingerprint density at radius 1 is 1.36 bits per heavy atom. The Morgan fingerprint density at radius 3 is 2.18 bits per heavy atom. The maximum atomic E-state index is 5.57. The molecular weight excluding hydrogens is 195 g/mol. The van der Waals surface area contributed by atoms with Gasteiger partial charge in [-0.15, -0.1) is 0 Å². The third kappa shape index (κ3) is 2.81. The molecule has 2 atom stereocenters. The molecule has 1 aliphatic carbocycles. The first-order chi connectivity index (χ1) is 4.91. The summed E-state index contributed by atoms with van der Waals surface area (Å²) in [6.45, 7) is 7.19. The molecule has 0 aliphatic heterocycles. The van der Waals surface area contributed by atoms with Gasteiger partial charge in [-0.2, -0.15) is 0 Å². The van der Waals surface area contributed by atoms with Crippen molar-refractivity contribution >= 4 is 31.3 Å². The van der Waals surface area contributed by atoms with Gasteiger partial charge in [0.05, 0.1) is 0 Å². The highest BCUT2D eigenvalue weighted by Crippen LogP contribution is 2.53. The van der Waals surface area contributed by atoms with Gasteiger partial charge < -0.3 is 0 Å². The Morgan fingerprint density at radius 2 is 1.91 bits per heavy atom. The second-order valence-corrected chi connectivity index (χ2v) is 10.8. The molecule has 1 rings (SSSR count). The lowest BCUT2D eigenvalue weighted by molar-refractivity contribution is 1.10. The highest BCUT2D eigenvalue weighted by atomic mass is 35.5. The molecule has 0 bridgehead atoms. The Labute approximate surface area is 79.6 Å². The molecule has 0 saturated heterocycles. The van der Waals surface area contributed by atoms with E-state index in [-0.39, 0.29) is 0 Å². The van der Waals surface area contributed by atoms with Crippen molar-refractivity contribution in [2.75, 3.05) is 0 Å². The van der Waals surface area contributed by atoms with Crippen LogP contribution in [-0.2, 0) is 0 Å². The van der Waals surface area contributed by atoms with E-state index < -0.39 is 8.07 Å². The first-order valence-corrected chi connectivity index (χ1v) is 8.27. The second-order valence-electron chi connectivity index (χ2n) is 4.33. The predicted molar refractivity (Wildman–Crippen MR) is 55.0 cm³/mol. The van der Waals surface area contributed by atoms with Crippen LogP contribution in [-0.4, -0.2) is 8.07 Å². The summed E-state index contributed by atoms with van der Waals surface area (Å²) in [5.74, 6) is 0.687. The molecule has 1 saturated carbocycles. The highest BCUT2D eigenvalue weighted by Gasteiger charge is 2.44. The topological polar surface area (TPSA) is 0 Å². The lowest BCUT2D eigenvalue weighted by Gasteiger charge is -2.14. The van der Waals surface area contributed by atoms with Crippen LogP contribution in [0.3, 0.4) is 0 Å². The van der Waals surface area contributed by atoms with Crippen LogP contribution in [0.4, 0.5) is 0 Å². The molecule has 0 heterocycles. The molecule has 0 aromatic rings. The molecule has 0 spiro atoms. The van der Waals surface area contributed by atoms with Crippen molar-refractivity contribution in [1.82, 2.24) is 0 Å². The van der Waals surface area contributed by atoms with Crippen LogP contribution in [0.2, 0.25) is 25.2 Å². The molecule has 0 aromatic carbocycles. The van der Waals surface area contributed by atoms with E-state index in [2.05, 4.69) is 19.6 Å². The van der Waals surface area contributed by atoms with Crippen molar-refractivity contribution in [2.24, 2.45) is 5.92 Å². The van der Waals surface area contributed by atoms with Crippen LogP contribution in [0, 0.1) is 5.92 Å². The predicted octanol–water partition coefficient (Wildman–Crippen LogP) is 4.03. The Bertz CT molecular complexity index is 177. The zero-order chi connectivity index (χ0) is 8.65. The second kappa shape index (κ2) is 3.12. The van der Waals surface area contributed by atoms with Crippen molar-refractivity contribution in [3.63, 3.8) is 0 Å². The minimum Gasteiger partial charge on any atom is -0.0712 e. The van der Waals surface area contributed by atoms with E-state index >= 15 is 0 Å². The van der Waals surface area contributed by atoms with Crippen molar-refractivity contribution in [1.29, 1.82) is 0 Å². The highest BCUT2D eigenvalue weighted by molar-refractivity contribution is 6.78. The Balaban J connectivity index is 2.44. The van der Waals surface area contributed by atoms with Gasteiger partial charge in [-0.3, -0.25) is 0 Å². The van der Waals surface area contributed by atoms with Gasteiger partial charge in [0, 0.05) is 8.07 Å². The van der Waals surface area contributed by atoms with Crippen LogP contribution >= 0.6 is 23.2 Å². The van der Waals surface area contributed by atoms with E-state index in [4.69, 9.17) is 23.2 Å². The zero-order valence-electron chi connectivity index (χ0n) is 7.20. The van der Waals surface area contributed by atoms with Gasteiger partial charge in [-0.25, -0.2) is 0 Å². The molecule has 1 aliphatic rings. The molecule has 0 nitrogen and oxygen atoms in total. The van der Waals surface area contributed by atoms with E-state index in [0.29, 0.717) is 10.4 Å². The molecule has 0 amide bonds. The summed E-state index contributed by atoms with van der Waals surface area (Å²) < 4.78 is 0.441. The first kappa shape index (κ1) is 9.62. The van der Waals surface area contributed by atoms with Crippen LogP contribution in [0.1, 0.15) is 6.42 Å². The normalized spacial score (nSPS) is 29.9. The van der Waals surface area contributed by atoms with Crippen molar-refractivity contribution < 1.29 is 0 Å². The van der Waals surface area contributed by atoms with Crippen LogP contribution in [0.15, 0.2) is 10.6 Å². The van der Waals surface area contributed by atoms with Gasteiger partial charge >= 0.3 is 0 Å². The van der Waals surface area contributed by atoms with Crippen molar-refractivity contribution in [2.45, 2.75) is 31.6 Å². The third-order valence-corrected chi connectivity index (χ3v) is 5.43. The summed E-state index contributed by atoms with van der Waals surface area (Å²) in [7, 11) is -0.915. The summed E-state index contributed by atoms with van der Waals surface area (Å²) >= 11 is 11.1. The number of hydrogen-bond donors (Lipinski definition) is 0. The first-order valence-electron chi connectivity index (χ1n) is 3.94. The van der Waals surface area contributed by atoms with Gasteiger partial charge in [-0.05, 0) is 17.9 Å². The summed E-state index contributed by atoms with van der Waals surface area (Å²) in [6, 6.07) is 0. The van der Waals surface area contributed by atoms with Crippen LogP contribution in [0.25, 0.3) is 0 Å². The van der Waals surface area contributed by atoms with Gasteiger partial charge in [0.1, 0.15) is 4.49 Å². The monoisotopic (exact) mass is 208 g/mol. The smallest absolute Gasteiger partial charge is 0.0712 e. The summed E-state index contributed by atoms with van der Waals surface area (Å²) in [4.78, 5) is 0. The molecule has 11 heavy (non-hydrogen) atoms. The Kier molecular flexibility index (Phi) is 2.73. The number of allylic oxidation sites excluding steroid dienone is 1. The summed E-state index contributed by atoms with van der Waals surface area (Å²) in [5.41, 5.74) is 0.912. The summed E-state index contributed by atoms with van der Waals surface area (Å²) in [5, 5.41) is 0. The quantitative estimate of drug-likeness (QED) is 0.602. The van der Waals surface area contributed by atoms with Crippen LogP contribution in [0.5, 0.6) is 0 Å². The van der Waals surface area contributed by atoms with E-state index in [9.17, 15) is 0 Å². The number of rotatable bonds is 2. The molecule has 1 fully saturated rings. The minimum atomic E-state index is -0.915. The van der Waals surface area contributed by atoms with Gasteiger partial charge in [0.2, 0.25) is 0 Å². The molecule has 0 N–H and O–H groups in total. The van der Waals surface area contributed by atoms with E-state index in [1.165, 1.54) is 6.42 Å². The third-order valence-electron chi connectivity index (χ3n) is 2.29. The zero-order valence-corrected chi connectivity index (χ0v) is 9.71. The van der Waals surface area contributed by atoms with E-state index in [1.807, 2.05) is 6.08 Å². The lowest BCUT2D eigenvalue weighted by Crippen LogP contribution is -2.20. The van der Waals surface area contributed by atoms with Gasteiger partial charge in [0.25, 0.3) is 0 Å². The molecule has 0 unspecified atom stereocenters. The molecule has 64 valence electrons. The maximum absolute atomic E-state index is 5.57. The minimum absolute atomic E-state index is 0.441. The van der Waals surface area contributed by atoms with Crippen LogP contribution < -0.4 is 0 Å². The summed E-state index contributed by atoms with van der Waals surface area (Å²) in [6.07, 6.45) is 3.30. The largest absolute Gasteiger partial charge is 0.103 e. The standard InChI is InChI=1S/C8H14Cl2Si/c1-11(2,3)7-4-6(7)5-8(9)10/h5-7H,4H2,1-3H3/t6-,7+/m1/s1.